The van der Waals surface area contributed by atoms with Crippen LogP contribution in [0.2, 0.25) is 0 Å². The lowest BCUT2D eigenvalue weighted by molar-refractivity contribution is 0.476. The number of rotatable bonds is 3. The molecule has 0 bridgehead atoms. The Bertz CT molecular complexity index is 543. The highest BCUT2D eigenvalue weighted by Gasteiger charge is 2.25. The normalized spacial score (nSPS) is 18.9. The van der Waals surface area contributed by atoms with Gasteiger partial charge in [0.2, 0.25) is 0 Å². The maximum absolute atomic E-state index is 4.78. The van der Waals surface area contributed by atoms with Crippen molar-refractivity contribution in [1.82, 2.24) is 19.9 Å². The summed E-state index contributed by atoms with van der Waals surface area (Å²) in [5, 5.41) is 4.61. The number of hydrogen-bond acceptors (Lipinski definition) is 4. The molecule has 5 heteroatoms. The second kappa shape index (κ2) is 4.82. The summed E-state index contributed by atoms with van der Waals surface area (Å²) in [5.41, 5.74) is 1.27. The standard InChI is InChI=1S/C13H18N4S/c1-3-14-9-5-4-6-10-11(9)18-13(16-10)12-15-7-8-17(12)2/h7-9,14H,3-6H2,1-2H3. The molecule has 96 valence electrons. The molecular weight excluding hydrogens is 244 g/mol. The molecule has 2 aromatic heterocycles. The van der Waals surface area contributed by atoms with E-state index < -0.39 is 0 Å². The summed E-state index contributed by atoms with van der Waals surface area (Å²) in [5.74, 6) is 0.977. The van der Waals surface area contributed by atoms with Crippen molar-refractivity contribution in [3.63, 3.8) is 0 Å². The van der Waals surface area contributed by atoms with Gasteiger partial charge in [-0.05, 0) is 25.8 Å². The summed E-state index contributed by atoms with van der Waals surface area (Å²) in [7, 11) is 2.02. The molecule has 18 heavy (non-hydrogen) atoms. The van der Waals surface area contributed by atoms with Gasteiger partial charge in [0.1, 0.15) is 0 Å². The molecule has 0 saturated carbocycles. The Morgan fingerprint density at radius 1 is 1.56 bits per heavy atom. The first-order chi connectivity index (χ1) is 8.79. The van der Waals surface area contributed by atoms with Gasteiger partial charge in [-0.2, -0.15) is 0 Å². The second-order valence-electron chi connectivity index (χ2n) is 4.69. The summed E-state index contributed by atoms with van der Waals surface area (Å²) >= 11 is 1.80. The lowest BCUT2D eigenvalue weighted by atomic mass is 9.98. The Kier molecular flexibility index (Phi) is 3.18. The molecule has 0 spiro atoms. The van der Waals surface area contributed by atoms with Crippen LogP contribution in [0.25, 0.3) is 10.8 Å². The van der Waals surface area contributed by atoms with E-state index in [4.69, 9.17) is 4.98 Å². The zero-order valence-corrected chi connectivity index (χ0v) is 11.6. The molecule has 0 aliphatic heterocycles. The minimum atomic E-state index is 0.491. The summed E-state index contributed by atoms with van der Waals surface area (Å²) < 4.78 is 2.03. The van der Waals surface area contributed by atoms with Crippen LogP contribution in [0.4, 0.5) is 0 Å². The Morgan fingerprint density at radius 2 is 2.44 bits per heavy atom. The van der Waals surface area contributed by atoms with Gasteiger partial charge in [0.15, 0.2) is 10.8 Å². The highest BCUT2D eigenvalue weighted by molar-refractivity contribution is 7.15. The van der Waals surface area contributed by atoms with E-state index in [1.807, 2.05) is 24.0 Å². The molecule has 1 aliphatic rings. The van der Waals surface area contributed by atoms with Gasteiger partial charge >= 0.3 is 0 Å². The maximum atomic E-state index is 4.78. The quantitative estimate of drug-likeness (QED) is 0.924. The minimum absolute atomic E-state index is 0.491. The van der Waals surface area contributed by atoms with Crippen LogP contribution in [-0.2, 0) is 13.5 Å². The Labute approximate surface area is 111 Å². The molecule has 2 heterocycles. The molecule has 1 atom stereocenters. The van der Waals surface area contributed by atoms with Gasteiger partial charge in [-0.3, -0.25) is 0 Å². The van der Waals surface area contributed by atoms with E-state index in [1.165, 1.54) is 23.4 Å². The van der Waals surface area contributed by atoms with Crippen molar-refractivity contribution < 1.29 is 0 Å². The average Bonchev–Trinajstić information content (AvgIpc) is 2.95. The first-order valence-corrected chi connectivity index (χ1v) is 7.32. The predicted molar refractivity (Wildman–Crippen MR) is 73.7 cm³/mol. The average molecular weight is 262 g/mol. The molecule has 0 radical (unpaired) electrons. The predicted octanol–water partition coefficient (Wildman–Crippen LogP) is 2.53. The number of fused-ring (bicyclic) bond motifs is 1. The summed E-state index contributed by atoms with van der Waals surface area (Å²) in [6.07, 6.45) is 7.37. The van der Waals surface area contributed by atoms with E-state index in [2.05, 4.69) is 17.2 Å². The molecule has 1 aliphatic carbocycles. The lowest BCUT2D eigenvalue weighted by Crippen LogP contribution is -2.23. The van der Waals surface area contributed by atoms with Crippen molar-refractivity contribution in [2.75, 3.05) is 6.54 Å². The number of nitrogens with one attached hydrogen (secondary N) is 1. The molecule has 4 nitrogen and oxygen atoms in total. The van der Waals surface area contributed by atoms with Crippen molar-refractivity contribution in [3.05, 3.63) is 23.0 Å². The third kappa shape index (κ3) is 1.97. The molecule has 0 fully saturated rings. The van der Waals surface area contributed by atoms with Gasteiger partial charge < -0.3 is 9.88 Å². The van der Waals surface area contributed by atoms with Crippen molar-refractivity contribution in [1.29, 1.82) is 0 Å². The van der Waals surface area contributed by atoms with E-state index in [0.29, 0.717) is 6.04 Å². The number of aromatic nitrogens is 3. The number of imidazole rings is 1. The molecule has 0 aromatic carbocycles. The fourth-order valence-electron chi connectivity index (χ4n) is 2.53. The van der Waals surface area contributed by atoms with Gasteiger partial charge in [-0.15, -0.1) is 11.3 Å². The van der Waals surface area contributed by atoms with Crippen LogP contribution < -0.4 is 5.32 Å². The molecule has 0 amide bonds. The Balaban J connectivity index is 1.98. The van der Waals surface area contributed by atoms with Crippen LogP contribution in [0.1, 0.15) is 36.4 Å². The summed E-state index contributed by atoms with van der Waals surface area (Å²) in [6.45, 7) is 3.18. The fraction of sp³-hybridized carbons (Fsp3) is 0.538. The van der Waals surface area contributed by atoms with Crippen LogP contribution in [0.3, 0.4) is 0 Å². The van der Waals surface area contributed by atoms with Crippen molar-refractivity contribution in [2.24, 2.45) is 7.05 Å². The highest BCUT2D eigenvalue weighted by atomic mass is 32.1. The summed E-state index contributed by atoms with van der Waals surface area (Å²) in [6, 6.07) is 0.491. The summed E-state index contributed by atoms with van der Waals surface area (Å²) in [4.78, 5) is 10.6. The molecular formula is C13H18N4S. The van der Waals surface area contributed by atoms with Crippen molar-refractivity contribution in [3.8, 4) is 10.8 Å². The van der Waals surface area contributed by atoms with Gasteiger partial charge in [-0.25, -0.2) is 9.97 Å². The lowest BCUT2D eigenvalue weighted by Gasteiger charge is -2.21. The Morgan fingerprint density at radius 3 is 3.17 bits per heavy atom. The number of aryl methyl sites for hydroxylation is 2. The third-order valence-corrected chi connectivity index (χ3v) is 4.62. The van der Waals surface area contributed by atoms with E-state index in [1.54, 1.807) is 11.3 Å². The van der Waals surface area contributed by atoms with Gasteiger partial charge in [0.25, 0.3) is 0 Å². The smallest absolute Gasteiger partial charge is 0.168 e. The zero-order valence-electron chi connectivity index (χ0n) is 10.8. The van der Waals surface area contributed by atoms with Gasteiger partial charge in [0, 0.05) is 30.4 Å². The van der Waals surface area contributed by atoms with Crippen LogP contribution in [0.5, 0.6) is 0 Å². The van der Waals surface area contributed by atoms with E-state index in [0.717, 1.165) is 23.8 Å². The molecule has 2 aromatic rings. The molecule has 0 saturated heterocycles. The van der Waals surface area contributed by atoms with Gasteiger partial charge in [0.05, 0.1) is 5.69 Å². The molecule has 3 rings (SSSR count). The fourth-order valence-corrected chi connectivity index (χ4v) is 3.79. The second-order valence-corrected chi connectivity index (χ2v) is 5.72. The monoisotopic (exact) mass is 262 g/mol. The Hall–Kier alpha value is -1.20. The van der Waals surface area contributed by atoms with Crippen LogP contribution in [0.15, 0.2) is 12.4 Å². The third-order valence-electron chi connectivity index (χ3n) is 3.41. The molecule has 1 N–H and O–H groups in total. The van der Waals surface area contributed by atoms with Crippen LogP contribution >= 0.6 is 11.3 Å². The SMILES string of the molecule is CCNC1CCCc2nc(-c3nccn3C)sc21. The van der Waals surface area contributed by atoms with E-state index >= 15 is 0 Å². The van der Waals surface area contributed by atoms with Gasteiger partial charge in [-0.1, -0.05) is 6.92 Å². The van der Waals surface area contributed by atoms with Crippen LogP contribution in [0, 0.1) is 0 Å². The van der Waals surface area contributed by atoms with E-state index in [9.17, 15) is 0 Å². The first kappa shape index (κ1) is 11.9. The number of hydrogen-bond donors (Lipinski definition) is 1. The maximum Gasteiger partial charge on any atom is 0.168 e. The topological polar surface area (TPSA) is 42.7 Å². The van der Waals surface area contributed by atoms with Crippen LogP contribution in [-0.4, -0.2) is 21.1 Å². The molecule has 1 unspecified atom stereocenters. The highest BCUT2D eigenvalue weighted by Crippen LogP contribution is 2.37. The minimum Gasteiger partial charge on any atom is -0.332 e. The van der Waals surface area contributed by atoms with Crippen molar-refractivity contribution >= 4 is 11.3 Å². The number of nitrogens with zero attached hydrogens (tertiary/aromatic N) is 3. The van der Waals surface area contributed by atoms with E-state index in [-0.39, 0.29) is 0 Å². The largest absolute Gasteiger partial charge is 0.332 e. The first-order valence-electron chi connectivity index (χ1n) is 6.50. The number of thiazole rings is 1. The van der Waals surface area contributed by atoms with Crippen molar-refractivity contribution in [2.45, 2.75) is 32.2 Å². The zero-order chi connectivity index (χ0) is 12.5.